The zero-order chi connectivity index (χ0) is 32.2. The number of nitrogens with zero attached hydrogens (tertiary/aromatic N) is 2. The summed E-state index contributed by atoms with van der Waals surface area (Å²) in [7, 11) is 0. The summed E-state index contributed by atoms with van der Waals surface area (Å²) >= 11 is 20.3. The lowest BCUT2D eigenvalue weighted by Gasteiger charge is -2.18. The van der Waals surface area contributed by atoms with Gasteiger partial charge in [-0.15, -0.1) is 0 Å². The molecule has 0 fully saturated rings. The molecule has 0 radical (unpaired) electrons. The van der Waals surface area contributed by atoms with Crippen molar-refractivity contribution in [1.29, 1.82) is 5.26 Å². The molecular weight excluding hydrogens is 637 g/mol. The molecule has 236 valence electrons. The predicted octanol–water partition coefficient (Wildman–Crippen LogP) is 7.36. The van der Waals surface area contributed by atoms with E-state index in [9.17, 15) is 10.4 Å². The molecule has 0 aliphatic rings. The summed E-state index contributed by atoms with van der Waals surface area (Å²) in [4.78, 5) is 4.09. The summed E-state index contributed by atoms with van der Waals surface area (Å²) in [6, 6.07) is 18.5. The summed E-state index contributed by atoms with van der Waals surface area (Å²) < 4.78 is 18.2. The number of rotatable bonds is 16. The second kappa shape index (κ2) is 17.2. The maximum Gasteiger partial charge on any atom is 0.142 e. The Morgan fingerprint density at radius 3 is 2.40 bits per heavy atom. The Morgan fingerprint density at radius 2 is 1.64 bits per heavy atom. The number of halogens is 3. The Hall–Kier alpha value is -3.55. The number of unbranched alkanes of at least 4 members (excludes halogenated alkanes) is 1. The maximum atomic E-state index is 9.72. The molecule has 0 saturated carbocycles. The van der Waals surface area contributed by atoms with Gasteiger partial charge in [-0.25, -0.2) is 0 Å². The van der Waals surface area contributed by atoms with Crippen LogP contribution >= 0.6 is 34.8 Å². The van der Waals surface area contributed by atoms with Gasteiger partial charge in [0.05, 0.1) is 39.9 Å². The Labute approximate surface area is 278 Å². The minimum absolute atomic E-state index is 0.116. The van der Waals surface area contributed by atoms with Crippen molar-refractivity contribution in [2.45, 2.75) is 45.6 Å². The van der Waals surface area contributed by atoms with Crippen molar-refractivity contribution in [1.82, 2.24) is 10.3 Å². The molecule has 45 heavy (non-hydrogen) atoms. The molecule has 0 saturated heterocycles. The standard InChI is InChI=1S/C34H34Cl3N3O5/c1-2-3-10-43-30-9-5-8-28(34(30)37)27-7-4-6-24(33(27)36)21-45-32-13-31(44-20-23-11-22(14-38)15-39-16-23)25(12-29(32)35)17-40-18-26(42)19-41/h4-9,11-13,15-16,26,40-42H,2-3,10,17-21H2,1H3/t26-/m0/s1. The molecule has 11 heteroatoms. The van der Waals surface area contributed by atoms with E-state index in [2.05, 4.69) is 23.3 Å². The number of aromatic nitrogens is 1. The number of benzene rings is 3. The Bertz CT molecular complexity index is 1630. The molecule has 0 spiro atoms. The van der Waals surface area contributed by atoms with E-state index in [4.69, 9.17) is 54.1 Å². The molecule has 3 N–H and O–H groups in total. The van der Waals surface area contributed by atoms with E-state index >= 15 is 0 Å². The third-order valence-corrected chi connectivity index (χ3v) is 7.94. The fourth-order valence-electron chi connectivity index (χ4n) is 4.40. The Kier molecular flexibility index (Phi) is 13.1. The van der Waals surface area contributed by atoms with Gasteiger partial charge in [0.15, 0.2) is 0 Å². The van der Waals surface area contributed by atoms with Gasteiger partial charge in [0.25, 0.3) is 0 Å². The number of ether oxygens (including phenoxy) is 3. The van der Waals surface area contributed by atoms with Crippen LogP contribution in [-0.4, -0.2) is 41.1 Å². The first-order valence-electron chi connectivity index (χ1n) is 14.4. The van der Waals surface area contributed by atoms with Gasteiger partial charge in [-0.3, -0.25) is 4.98 Å². The van der Waals surface area contributed by atoms with E-state index in [1.54, 1.807) is 24.4 Å². The number of pyridine rings is 1. The van der Waals surface area contributed by atoms with Crippen molar-refractivity contribution in [2.24, 2.45) is 0 Å². The lowest BCUT2D eigenvalue weighted by Crippen LogP contribution is -2.29. The molecule has 0 aliphatic heterocycles. The van der Waals surface area contributed by atoms with Crippen LogP contribution in [0.15, 0.2) is 67.0 Å². The van der Waals surface area contributed by atoms with Crippen molar-refractivity contribution >= 4 is 34.8 Å². The fourth-order valence-corrected chi connectivity index (χ4v) is 5.20. The number of nitrogens with one attached hydrogen (secondary N) is 1. The monoisotopic (exact) mass is 669 g/mol. The molecule has 0 bridgehead atoms. The molecule has 1 atom stereocenters. The molecule has 0 unspecified atom stereocenters. The minimum atomic E-state index is -0.904. The van der Waals surface area contributed by atoms with Crippen molar-refractivity contribution in [3.8, 4) is 34.4 Å². The van der Waals surface area contributed by atoms with E-state index in [1.165, 1.54) is 6.20 Å². The molecule has 3 aromatic carbocycles. The number of aliphatic hydroxyl groups excluding tert-OH is 2. The van der Waals surface area contributed by atoms with Gasteiger partial charge >= 0.3 is 0 Å². The highest BCUT2D eigenvalue weighted by molar-refractivity contribution is 6.37. The van der Waals surface area contributed by atoms with Crippen molar-refractivity contribution < 1.29 is 24.4 Å². The Balaban J connectivity index is 1.55. The quantitative estimate of drug-likeness (QED) is 0.106. The molecular formula is C34H34Cl3N3O5. The smallest absolute Gasteiger partial charge is 0.142 e. The van der Waals surface area contributed by atoms with Gasteiger partial charge in [0, 0.05) is 59.4 Å². The van der Waals surface area contributed by atoms with Crippen LogP contribution in [0.25, 0.3) is 11.1 Å². The molecule has 1 aromatic heterocycles. The number of hydrogen-bond acceptors (Lipinski definition) is 8. The first kappa shape index (κ1) is 34.3. The van der Waals surface area contributed by atoms with E-state index < -0.39 is 6.10 Å². The van der Waals surface area contributed by atoms with Crippen LogP contribution in [0.5, 0.6) is 17.2 Å². The second-order valence-electron chi connectivity index (χ2n) is 10.2. The molecule has 4 rings (SSSR count). The zero-order valence-electron chi connectivity index (χ0n) is 24.7. The molecule has 0 aliphatic carbocycles. The summed E-state index contributed by atoms with van der Waals surface area (Å²) in [5.41, 5.74) is 4.07. The normalized spacial score (nSPS) is 11.6. The summed E-state index contributed by atoms with van der Waals surface area (Å²) in [6.45, 7) is 3.06. The van der Waals surface area contributed by atoms with Crippen molar-refractivity contribution in [3.05, 3.63) is 104 Å². The maximum absolute atomic E-state index is 9.72. The van der Waals surface area contributed by atoms with E-state index in [-0.39, 0.29) is 26.4 Å². The highest BCUT2D eigenvalue weighted by Gasteiger charge is 2.17. The summed E-state index contributed by atoms with van der Waals surface area (Å²) in [5, 5.41) is 32.5. The first-order valence-corrected chi connectivity index (χ1v) is 15.6. The van der Waals surface area contributed by atoms with Crippen molar-refractivity contribution in [3.63, 3.8) is 0 Å². The third kappa shape index (κ3) is 9.47. The first-order chi connectivity index (χ1) is 21.8. The number of aliphatic hydroxyl groups is 2. The van der Waals surface area contributed by atoms with Crippen LogP contribution in [0.3, 0.4) is 0 Å². The highest BCUT2D eigenvalue weighted by Crippen LogP contribution is 2.40. The summed E-state index contributed by atoms with van der Waals surface area (Å²) in [6.07, 6.45) is 4.15. The molecule has 8 nitrogen and oxygen atoms in total. The molecule has 0 amide bonds. The predicted molar refractivity (Wildman–Crippen MR) is 176 cm³/mol. The van der Waals surface area contributed by atoms with Crippen LogP contribution < -0.4 is 19.5 Å². The fraction of sp³-hybridized carbons (Fsp3) is 0.294. The molecule has 4 aromatic rings. The Morgan fingerprint density at radius 1 is 0.889 bits per heavy atom. The van der Waals surface area contributed by atoms with Gasteiger partial charge in [0.2, 0.25) is 0 Å². The second-order valence-corrected chi connectivity index (χ2v) is 11.4. The van der Waals surface area contributed by atoms with Gasteiger partial charge in [-0.1, -0.05) is 78.5 Å². The topological polar surface area (TPSA) is 117 Å². The van der Waals surface area contributed by atoms with Gasteiger partial charge in [0.1, 0.15) is 36.5 Å². The van der Waals surface area contributed by atoms with Crippen LogP contribution in [0.1, 0.15) is 42.0 Å². The van der Waals surface area contributed by atoms with Crippen LogP contribution in [0, 0.1) is 11.3 Å². The minimum Gasteiger partial charge on any atom is -0.492 e. The average Bonchev–Trinajstić information content (AvgIpc) is 3.05. The van der Waals surface area contributed by atoms with Crippen LogP contribution in [-0.2, 0) is 19.8 Å². The van der Waals surface area contributed by atoms with Crippen LogP contribution in [0.2, 0.25) is 15.1 Å². The lowest BCUT2D eigenvalue weighted by atomic mass is 10.0. The third-order valence-electron chi connectivity index (χ3n) is 6.81. The SMILES string of the molecule is CCCCOc1cccc(-c2cccc(COc3cc(OCc4cncc(C#N)c4)c(CNC[C@H](O)CO)cc3Cl)c2Cl)c1Cl. The molecule has 1 heterocycles. The lowest BCUT2D eigenvalue weighted by molar-refractivity contribution is 0.0941. The average molecular weight is 671 g/mol. The van der Waals surface area contributed by atoms with E-state index in [0.717, 1.165) is 29.5 Å². The number of nitriles is 1. The largest absolute Gasteiger partial charge is 0.492 e. The summed E-state index contributed by atoms with van der Waals surface area (Å²) in [5.74, 6) is 1.46. The van der Waals surface area contributed by atoms with Gasteiger partial charge in [-0.2, -0.15) is 5.26 Å². The van der Waals surface area contributed by atoms with Gasteiger partial charge < -0.3 is 29.7 Å². The highest BCUT2D eigenvalue weighted by atomic mass is 35.5. The number of hydrogen-bond donors (Lipinski definition) is 3. The van der Waals surface area contributed by atoms with Crippen LogP contribution in [0.4, 0.5) is 0 Å². The van der Waals surface area contributed by atoms with E-state index in [0.29, 0.717) is 62.2 Å². The van der Waals surface area contributed by atoms with Gasteiger partial charge in [-0.05, 0) is 24.6 Å². The van der Waals surface area contributed by atoms with E-state index in [1.807, 2.05) is 36.4 Å². The zero-order valence-corrected chi connectivity index (χ0v) is 27.0. The van der Waals surface area contributed by atoms with Crippen molar-refractivity contribution in [2.75, 3.05) is 19.8 Å².